The van der Waals surface area contributed by atoms with Crippen LogP contribution in [0.5, 0.6) is 11.5 Å². The van der Waals surface area contributed by atoms with Crippen LogP contribution in [0.15, 0.2) is 30.3 Å². The first-order valence-corrected chi connectivity index (χ1v) is 7.75. The Morgan fingerprint density at radius 3 is 2.44 bits per heavy atom. The molecule has 4 nitrogen and oxygen atoms in total. The molecule has 2 aromatic rings. The highest BCUT2D eigenvalue weighted by atomic mass is 35.5. The lowest BCUT2D eigenvalue weighted by molar-refractivity contribution is -0.296. The molecule has 0 heterocycles. The first-order chi connectivity index (χ1) is 12.5. The van der Waals surface area contributed by atoms with Crippen molar-refractivity contribution in [2.24, 2.45) is 0 Å². The van der Waals surface area contributed by atoms with E-state index in [2.05, 4.69) is 0 Å². The molecular formula is C17H9ClF5NO3. The summed E-state index contributed by atoms with van der Waals surface area (Å²) in [4.78, 5) is 0. The second kappa shape index (κ2) is 6.34. The van der Waals surface area contributed by atoms with Crippen LogP contribution in [0.4, 0.5) is 22.0 Å². The fourth-order valence-corrected chi connectivity index (χ4v) is 3.21. The van der Waals surface area contributed by atoms with E-state index in [9.17, 15) is 32.2 Å². The highest BCUT2D eigenvalue weighted by Crippen LogP contribution is 2.59. The molecule has 1 atom stereocenters. The molecule has 0 fully saturated rings. The Morgan fingerprint density at radius 1 is 1.19 bits per heavy atom. The van der Waals surface area contributed by atoms with Crippen LogP contribution in [0.2, 0.25) is 0 Å². The molecule has 142 valence electrons. The summed E-state index contributed by atoms with van der Waals surface area (Å²) in [5, 5.41) is 26.2. The molecule has 0 bridgehead atoms. The Kier molecular flexibility index (Phi) is 4.54. The summed E-state index contributed by atoms with van der Waals surface area (Å²) in [5.41, 5.74) is -3.15. The molecule has 0 spiro atoms. The van der Waals surface area contributed by atoms with Gasteiger partial charge in [-0.25, -0.2) is 13.2 Å². The molecule has 0 aliphatic heterocycles. The van der Waals surface area contributed by atoms with E-state index in [0.29, 0.717) is 0 Å². The molecule has 0 aromatic heterocycles. The van der Waals surface area contributed by atoms with Gasteiger partial charge in [-0.2, -0.15) is 14.0 Å². The zero-order chi connectivity index (χ0) is 20.1. The molecule has 27 heavy (non-hydrogen) atoms. The van der Waals surface area contributed by atoms with E-state index in [1.807, 2.05) is 0 Å². The van der Waals surface area contributed by atoms with Gasteiger partial charge in [-0.15, -0.1) is 11.6 Å². The number of benzene rings is 2. The Balaban J connectivity index is 2.18. The zero-order valence-electron chi connectivity index (χ0n) is 13.1. The summed E-state index contributed by atoms with van der Waals surface area (Å²) in [7, 11) is 0. The van der Waals surface area contributed by atoms with Crippen molar-refractivity contribution < 1.29 is 36.9 Å². The first-order valence-electron chi connectivity index (χ1n) is 7.31. The van der Waals surface area contributed by atoms with E-state index in [1.54, 1.807) is 6.07 Å². The fraction of sp³-hybridized carbons (Fsp3) is 0.235. The molecule has 3 rings (SSSR count). The Labute approximate surface area is 154 Å². The second-order valence-corrected chi connectivity index (χ2v) is 6.23. The van der Waals surface area contributed by atoms with Crippen molar-refractivity contribution in [2.75, 3.05) is 0 Å². The molecular weight excluding hydrogens is 397 g/mol. The van der Waals surface area contributed by atoms with Gasteiger partial charge >= 0.3 is 5.92 Å². The quantitative estimate of drug-likeness (QED) is 0.448. The first kappa shape index (κ1) is 19.4. The lowest BCUT2D eigenvalue weighted by Crippen LogP contribution is -2.43. The number of fused-ring (bicyclic) bond motifs is 1. The smallest absolute Gasteiger partial charge is 0.325 e. The van der Waals surface area contributed by atoms with Gasteiger partial charge in [0.2, 0.25) is 0 Å². The number of halogens is 6. The molecule has 0 amide bonds. The SMILES string of the molecule is N#Cc1cc(F)cc(Oc2ccc3c(c2C(F)F)C(O)(O)C(F)(F)C3Cl)c1. The molecule has 10 heteroatoms. The Bertz CT molecular complexity index is 958. The number of hydrogen-bond acceptors (Lipinski definition) is 4. The van der Waals surface area contributed by atoms with E-state index in [1.165, 1.54) is 0 Å². The van der Waals surface area contributed by atoms with Crippen LogP contribution >= 0.6 is 11.6 Å². The highest BCUT2D eigenvalue weighted by molar-refractivity contribution is 6.22. The summed E-state index contributed by atoms with van der Waals surface area (Å²) in [6, 6.07) is 6.10. The number of nitrogens with zero attached hydrogens (tertiary/aromatic N) is 1. The van der Waals surface area contributed by atoms with Crippen LogP contribution in [0, 0.1) is 17.1 Å². The van der Waals surface area contributed by atoms with E-state index < -0.39 is 51.8 Å². The number of nitriles is 1. The monoisotopic (exact) mass is 405 g/mol. The number of rotatable bonds is 3. The van der Waals surface area contributed by atoms with Crippen molar-refractivity contribution in [1.82, 2.24) is 0 Å². The van der Waals surface area contributed by atoms with Crippen LogP contribution in [-0.4, -0.2) is 16.1 Å². The maximum Gasteiger partial charge on any atom is 0.325 e. The lowest BCUT2D eigenvalue weighted by atomic mass is 9.98. The van der Waals surface area contributed by atoms with Crippen molar-refractivity contribution in [3.8, 4) is 17.6 Å². The van der Waals surface area contributed by atoms with Crippen LogP contribution in [0.3, 0.4) is 0 Å². The highest BCUT2D eigenvalue weighted by Gasteiger charge is 2.66. The fourth-order valence-electron chi connectivity index (χ4n) is 2.88. The van der Waals surface area contributed by atoms with Crippen molar-refractivity contribution in [1.29, 1.82) is 5.26 Å². The minimum absolute atomic E-state index is 0.171. The minimum atomic E-state index is -4.34. The molecule has 2 aromatic carbocycles. The van der Waals surface area contributed by atoms with E-state index in [4.69, 9.17) is 21.6 Å². The molecule has 2 N–H and O–H groups in total. The van der Waals surface area contributed by atoms with Crippen molar-refractivity contribution >= 4 is 11.6 Å². The normalized spacial score (nSPS) is 19.6. The number of ether oxygens (including phenoxy) is 1. The van der Waals surface area contributed by atoms with Crippen LogP contribution in [0.25, 0.3) is 0 Å². The molecule has 0 saturated carbocycles. The van der Waals surface area contributed by atoms with Crippen LogP contribution < -0.4 is 4.74 Å². The van der Waals surface area contributed by atoms with Crippen molar-refractivity contribution in [3.05, 3.63) is 58.4 Å². The summed E-state index contributed by atoms with van der Waals surface area (Å²) in [6.07, 6.45) is -3.45. The van der Waals surface area contributed by atoms with Crippen molar-refractivity contribution in [2.45, 2.75) is 23.5 Å². The third-order valence-electron chi connectivity index (χ3n) is 4.09. The summed E-state index contributed by atoms with van der Waals surface area (Å²) < 4.78 is 74.0. The van der Waals surface area contributed by atoms with Gasteiger partial charge in [-0.1, -0.05) is 6.07 Å². The van der Waals surface area contributed by atoms with E-state index >= 15 is 0 Å². The minimum Gasteiger partial charge on any atom is -0.457 e. The maximum absolute atomic E-state index is 14.1. The second-order valence-electron chi connectivity index (χ2n) is 5.79. The summed E-state index contributed by atoms with van der Waals surface area (Å²) in [5.74, 6) is -10.3. The predicted octanol–water partition coefficient (Wildman–Crippen LogP) is 4.49. The largest absolute Gasteiger partial charge is 0.457 e. The number of alkyl halides is 5. The third-order valence-corrected chi connectivity index (χ3v) is 4.60. The summed E-state index contributed by atoms with van der Waals surface area (Å²) in [6.45, 7) is 0. The standard InChI is InChI=1S/C17H9ClF5NO3/c18-14-10-1-2-11(27-9-4-7(6-24)3-8(19)5-9)12(15(20)21)13(10)17(25,26)16(14,22)23/h1-5,14-15,25-26H. The molecule has 0 saturated heterocycles. The number of hydrogen-bond donors (Lipinski definition) is 2. The van der Waals surface area contributed by atoms with Crippen molar-refractivity contribution in [3.63, 3.8) is 0 Å². The van der Waals surface area contributed by atoms with Gasteiger partial charge in [0.15, 0.2) is 0 Å². The predicted molar refractivity (Wildman–Crippen MR) is 82.2 cm³/mol. The lowest BCUT2D eigenvalue weighted by Gasteiger charge is -2.27. The van der Waals surface area contributed by atoms with E-state index in [-0.39, 0.29) is 11.3 Å². The van der Waals surface area contributed by atoms with E-state index in [0.717, 1.165) is 30.3 Å². The molecule has 1 aliphatic rings. The Morgan fingerprint density at radius 2 is 1.85 bits per heavy atom. The molecule has 1 aliphatic carbocycles. The Hall–Kier alpha value is -2.41. The van der Waals surface area contributed by atoms with Crippen LogP contribution in [-0.2, 0) is 5.79 Å². The maximum atomic E-state index is 14.1. The average Bonchev–Trinajstić information content (AvgIpc) is 2.71. The van der Waals surface area contributed by atoms with Gasteiger partial charge in [0.1, 0.15) is 22.7 Å². The molecule has 0 radical (unpaired) electrons. The van der Waals surface area contributed by atoms with Gasteiger partial charge < -0.3 is 14.9 Å². The van der Waals surface area contributed by atoms with Crippen LogP contribution in [0.1, 0.15) is 34.1 Å². The van der Waals surface area contributed by atoms with Gasteiger partial charge in [0, 0.05) is 11.6 Å². The number of aliphatic hydroxyl groups is 2. The van der Waals surface area contributed by atoms with Gasteiger partial charge in [0.05, 0.1) is 17.2 Å². The topological polar surface area (TPSA) is 73.5 Å². The van der Waals surface area contributed by atoms with Gasteiger partial charge in [-0.05, 0) is 23.8 Å². The summed E-state index contributed by atoms with van der Waals surface area (Å²) >= 11 is 5.53. The molecule has 1 unspecified atom stereocenters. The van der Waals surface area contributed by atoms with Gasteiger partial charge in [-0.3, -0.25) is 0 Å². The zero-order valence-corrected chi connectivity index (χ0v) is 13.8. The average molecular weight is 406 g/mol. The van der Waals surface area contributed by atoms with Gasteiger partial charge in [0.25, 0.3) is 12.2 Å². The third kappa shape index (κ3) is 2.90.